The Morgan fingerprint density at radius 3 is 1.73 bits per heavy atom. The molecule has 3 heteroatoms. The second-order valence-corrected chi connectivity index (χ2v) is 5.54. The van der Waals surface area contributed by atoms with Crippen molar-refractivity contribution in [1.82, 2.24) is 4.90 Å². The van der Waals surface area contributed by atoms with Crippen LogP contribution >= 0.6 is 12.2 Å². The average molecular weight is 226 g/mol. The third kappa shape index (κ3) is 2.91. The van der Waals surface area contributed by atoms with Gasteiger partial charge in [0, 0.05) is 18.6 Å². The first-order valence-corrected chi connectivity index (χ1v) is 6.72. The zero-order valence-corrected chi connectivity index (χ0v) is 10.3. The third-order valence-electron chi connectivity index (χ3n) is 3.93. The molecule has 0 radical (unpaired) electrons. The lowest BCUT2D eigenvalue weighted by atomic mass is 10.1. The molecule has 0 aromatic carbocycles. The molecule has 86 valence electrons. The molecule has 0 spiro atoms. The van der Waals surface area contributed by atoms with E-state index in [1.54, 1.807) is 0 Å². The number of nitrogens with two attached hydrogens (primary N) is 1. The Labute approximate surface area is 98.2 Å². The minimum Gasteiger partial charge on any atom is -0.392 e. The molecule has 15 heavy (non-hydrogen) atoms. The predicted octanol–water partition coefficient (Wildman–Crippen LogP) is 2.46. The van der Waals surface area contributed by atoms with Crippen molar-refractivity contribution in [2.75, 3.05) is 6.54 Å². The Morgan fingerprint density at radius 1 is 1.00 bits per heavy atom. The van der Waals surface area contributed by atoms with Crippen molar-refractivity contribution in [3.8, 4) is 0 Å². The highest BCUT2D eigenvalue weighted by atomic mass is 32.1. The van der Waals surface area contributed by atoms with E-state index < -0.39 is 0 Å². The predicted molar refractivity (Wildman–Crippen MR) is 68.0 cm³/mol. The van der Waals surface area contributed by atoms with E-state index in [0.717, 1.165) is 18.6 Å². The average Bonchev–Trinajstić information content (AvgIpc) is 2.87. The van der Waals surface area contributed by atoms with E-state index in [9.17, 15) is 0 Å². The van der Waals surface area contributed by atoms with Crippen LogP contribution in [-0.2, 0) is 0 Å². The molecule has 2 fully saturated rings. The lowest BCUT2D eigenvalue weighted by molar-refractivity contribution is 0.161. The first-order chi connectivity index (χ1) is 7.27. The lowest BCUT2D eigenvalue weighted by Gasteiger charge is -2.34. The third-order valence-corrected chi connectivity index (χ3v) is 4.05. The summed E-state index contributed by atoms with van der Waals surface area (Å²) >= 11 is 5.08. The SMILES string of the molecule is NC(=S)CN(C1CCCC1)C1CCCC1. The van der Waals surface area contributed by atoms with Crippen LogP contribution in [0.1, 0.15) is 51.4 Å². The van der Waals surface area contributed by atoms with E-state index in [-0.39, 0.29) is 0 Å². The van der Waals surface area contributed by atoms with Crippen LogP contribution in [-0.4, -0.2) is 28.5 Å². The fraction of sp³-hybridized carbons (Fsp3) is 0.917. The normalized spacial score (nSPS) is 24.1. The van der Waals surface area contributed by atoms with Gasteiger partial charge in [-0.3, -0.25) is 4.90 Å². The minimum absolute atomic E-state index is 0.675. The summed E-state index contributed by atoms with van der Waals surface area (Å²) in [6, 6.07) is 1.55. The van der Waals surface area contributed by atoms with E-state index in [1.165, 1.54) is 51.4 Å². The van der Waals surface area contributed by atoms with Crippen molar-refractivity contribution in [3.63, 3.8) is 0 Å². The van der Waals surface area contributed by atoms with Gasteiger partial charge in [0.25, 0.3) is 0 Å². The van der Waals surface area contributed by atoms with Gasteiger partial charge in [-0.2, -0.15) is 0 Å². The summed E-state index contributed by atoms with van der Waals surface area (Å²) in [5.74, 6) is 0. The van der Waals surface area contributed by atoms with Gasteiger partial charge in [0.15, 0.2) is 0 Å². The van der Waals surface area contributed by atoms with Gasteiger partial charge in [-0.15, -0.1) is 0 Å². The molecule has 0 bridgehead atoms. The van der Waals surface area contributed by atoms with Gasteiger partial charge in [-0.05, 0) is 25.7 Å². The summed E-state index contributed by atoms with van der Waals surface area (Å²) in [4.78, 5) is 3.29. The van der Waals surface area contributed by atoms with Crippen LogP contribution < -0.4 is 5.73 Å². The van der Waals surface area contributed by atoms with Crippen molar-refractivity contribution in [3.05, 3.63) is 0 Å². The van der Waals surface area contributed by atoms with Gasteiger partial charge in [0.2, 0.25) is 0 Å². The fourth-order valence-corrected chi connectivity index (χ4v) is 3.36. The van der Waals surface area contributed by atoms with Gasteiger partial charge in [0.1, 0.15) is 0 Å². The van der Waals surface area contributed by atoms with Crippen LogP contribution in [0, 0.1) is 0 Å². The first-order valence-electron chi connectivity index (χ1n) is 6.31. The van der Waals surface area contributed by atoms with Gasteiger partial charge in [-0.25, -0.2) is 0 Å². The summed E-state index contributed by atoms with van der Waals surface area (Å²) in [5.41, 5.74) is 5.72. The molecule has 0 saturated heterocycles. The molecule has 0 aliphatic heterocycles. The minimum atomic E-state index is 0.675. The molecule has 2 rings (SSSR count). The Bertz CT molecular complexity index is 202. The Kier molecular flexibility index (Phi) is 3.98. The molecule has 2 aliphatic rings. The summed E-state index contributed by atoms with van der Waals surface area (Å²) in [7, 11) is 0. The van der Waals surface area contributed by atoms with Gasteiger partial charge in [0.05, 0.1) is 4.99 Å². The molecule has 0 unspecified atom stereocenters. The van der Waals surface area contributed by atoms with Crippen molar-refractivity contribution < 1.29 is 0 Å². The van der Waals surface area contributed by atoms with Crippen LogP contribution in [0.3, 0.4) is 0 Å². The van der Waals surface area contributed by atoms with Crippen LogP contribution in [0.5, 0.6) is 0 Å². The van der Waals surface area contributed by atoms with Gasteiger partial charge in [-0.1, -0.05) is 37.9 Å². The van der Waals surface area contributed by atoms with Crippen LogP contribution in [0.2, 0.25) is 0 Å². The molecule has 0 heterocycles. The highest BCUT2D eigenvalue weighted by molar-refractivity contribution is 7.80. The van der Waals surface area contributed by atoms with Crippen LogP contribution in [0.25, 0.3) is 0 Å². The zero-order valence-electron chi connectivity index (χ0n) is 9.45. The number of hydrogen-bond acceptors (Lipinski definition) is 2. The van der Waals surface area contributed by atoms with Crippen molar-refractivity contribution in [1.29, 1.82) is 0 Å². The van der Waals surface area contributed by atoms with E-state index in [0.29, 0.717) is 4.99 Å². The van der Waals surface area contributed by atoms with E-state index in [2.05, 4.69) is 4.90 Å². The maximum Gasteiger partial charge on any atom is 0.0870 e. The number of thiocarbonyl (C=S) groups is 1. The number of nitrogens with zero attached hydrogens (tertiary/aromatic N) is 1. The molecule has 2 aliphatic carbocycles. The second-order valence-electron chi connectivity index (χ2n) is 5.02. The fourth-order valence-electron chi connectivity index (χ4n) is 3.21. The largest absolute Gasteiger partial charge is 0.392 e. The molecule has 0 atom stereocenters. The molecule has 2 nitrogen and oxygen atoms in total. The summed E-state index contributed by atoms with van der Waals surface area (Å²) in [6.45, 7) is 0.852. The second kappa shape index (κ2) is 5.26. The summed E-state index contributed by atoms with van der Waals surface area (Å²) < 4.78 is 0. The zero-order chi connectivity index (χ0) is 10.7. The molecule has 2 N–H and O–H groups in total. The monoisotopic (exact) mass is 226 g/mol. The Hall–Kier alpha value is -0.150. The quantitative estimate of drug-likeness (QED) is 0.747. The number of hydrogen-bond donors (Lipinski definition) is 1. The smallest absolute Gasteiger partial charge is 0.0870 e. The van der Waals surface area contributed by atoms with Crippen molar-refractivity contribution in [2.45, 2.75) is 63.5 Å². The van der Waals surface area contributed by atoms with E-state index >= 15 is 0 Å². The molecule has 0 aromatic heterocycles. The Balaban J connectivity index is 1.97. The highest BCUT2D eigenvalue weighted by Gasteiger charge is 2.30. The molecule has 2 saturated carbocycles. The van der Waals surface area contributed by atoms with Crippen molar-refractivity contribution >= 4 is 17.2 Å². The molecular formula is C12H22N2S. The molecule has 0 aromatic rings. The molecule has 0 amide bonds. The van der Waals surface area contributed by atoms with Gasteiger partial charge < -0.3 is 5.73 Å². The first kappa shape index (κ1) is 11.3. The highest BCUT2D eigenvalue weighted by Crippen LogP contribution is 2.31. The Morgan fingerprint density at radius 2 is 1.40 bits per heavy atom. The topological polar surface area (TPSA) is 29.3 Å². The van der Waals surface area contributed by atoms with E-state index in [4.69, 9.17) is 18.0 Å². The number of rotatable bonds is 4. The lowest BCUT2D eigenvalue weighted by Crippen LogP contribution is -2.45. The van der Waals surface area contributed by atoms with E-state index in [1.807, 2.05) is 0 Å². The van der Waals surface area contributed by atoms with Gasteiger partial charge >= 0.3 is 0 Å². The van der Waals surface area contributed by atoms with Crippen LogP contribution in [0.15, 0.2) is 0 Å². The summed E-state index contributed by atoms with van der Waals surface area (Å²) in [6.07, 6.45) is 11.0. The van der Waals surface area contributed by atoms with Crippen LogP contribution in [0.4, 0.5) is 0 Å². The van der Waals surface area contributed by atoms with Crippen molar-refractivity contribution in [2.24, 2.45) is 5.73 Å². The standard InChI is InChI=1S/C12H22N2S/c13-12(15)9-14(10-5-1-2-6-10)11-7-3-4-8-11/h10-11H,1-9H2,(H2,13,15). The maximum atomic E-state index is 5.72. The summed E-state index contributed by atoms with van der Waals surface area (Å²) in [5, 5.41) is 0. The molecular weight excluding hydrogens is 204 g/mol. The maximum absolute atomic E-state index is 5.72.